The van der Waals surface area contributed by atoms with Crippen LogP contribution in [0.4, 0.5) is 0 Å². The first-order valence-electron chi connectivity index (χ1n) is 8.01. The maximum absolute atomic E-state index is 12.4. The molecule has 2 fully saturated rings. The summed E-state index contributed by atoms with van der Waals surface area (Å²) in [6.45, 7) is 8.11. The monoisotopic (exact) mass is 282 g/mol. The minimum Gasteiger partial charge on any atom is -0.384 e. The van der Waals surface area contributed by atoms with Crippen LogP contribution in [0.15, 0.2) is 0 Å². The molecule has 1 heterocycles. The standard InChI is InChI=1S/C16H30N2O2/c1-15(2,12-18-10-6-4-5-7-11-18)17-14(19)16(8-9-16)13-20-3/h4-13H2,1-3H3,(H,17,19). The molecule has 1 aliphatic heterocycles. The molecule has 0 aromatic heterocycles. The van der Waals surface area contributed by atoms with Crippen LogP contribution in [0.25, 0.3) is 0 Å². The molecule has 0 bridgehead atoms. The van der Waals surface area contributed by atoms with Crippen molar-refractivity contribution < 1.29 is 9.53 Å². The maximum atomic E-state index is 12.4. The largest absolute Gasteiger partial charge is 0.384 e. The first-order chi connectivity index (χ1) is 9.47. The number of carbonyl (C=O) groups is 1. The van der Waals surface area contributed by atoms with Gasteiger partial charge in [0.05, 0.1) is 12.0 Å². The molecule has 1 saturated carbocycles. The first-order valence-corrected chi connectivity index (χ1v) is 8.01. The van der Waals surface area contributed by atoms with Crippen LogP contribution in [0.1, 0.15) is 52.4 Å². The Kier molecular flexibility index (Phi) is 5.08. The van der Waals surface area contributed by atoms with Crippen LogP contribution in [0.5, 0.6) is 0 Å². The van der Waals surface area contributed by atoms with Gasteiger partial charge in [-0.15, -0.1) is 0 Å². The van der Waals surface area contributed by atoms with E-state index in [2.05, 4.69) is 24.1 Å². The van der Waals surface area contributed by atoms with E-state index < -0.39 is 0 Å². The van der Waals surface area contributed by atoms with Gasteiger partial charge in [0.1, 0.15) is 0 Å². The fraction of sp³-hybridized carbons (Fsp3) is 0.938. The molecule has 4 heteroatoms. The third-order valence-corrected chi connectivity index (χ3v) is 4.53. The molecule has 4 nitrogen and oxygen atoms in total. The van der Waals surface area contributed by atoms with Crippen molar-refractivity contribution in [2.75, 3.05) is 33.4 Å². The van der Waals surface area contributed by atoms with Crippen molar-refractivity contribution in [3.05, 3.63) is 0 Å². The maximum Gasteiger partial charge on any atom is 0.229 e. The number of nitrogens with one attached hydrogen (secondary N) is 1. The van der Waals surface area contributed by atoms with Crippen molar-refractivity contribution in [2.45, 2.75) is 57.9 Å². The third-order valence-electron chi connectivity index (χ3n) is 4.53. The van der Waals surface area contributed by atoms with Gasteiger partial charge in [-0.3, -0.25) is 4.79 Å². The number of hydrogen-bond donors (Lipinski definition) is 1. The summed E-state index contributed by atoms with van der Waals surface area (Å²) in [7, 11) is 1.68. The average molecular weight is 282 g/mol. The molecule has 1 amide bonds. The molecule has 1 saturated heterocycles. The number of methoxy groups -OCH3 is 1. The van der Waals surface area contributed by atoms with Gasteiger partial charge in [0.2, 0.25) is 5.91 Å². The van der Waals surface area contributed by atoms with Gasteiger partial charge in [0, 0.05) is 19.2 Å². The summed E-state index contributed by atoms with van der Waals surface area (Å²) < 4.78 is 5.20. The van der Waals surface area contributed by atoms with E-state index in [0.29, 0.717) is 6.61 Å². The van der Waals surface area contributed by atoms with E-state index in [1.807, 2.05) is 0 Å². The molecule has 2 aliphatic rings. The van der Waals surface area contributed by atoms with Crippen molar-refractivity contribution in [1.82, 2.24) is 10.2 Å². The number of rotatable bonds is 6. The Morgan fingerprint density at radius 2 is 1.80 bits per heavy atom. The van der Waals surface area contributed by atoms with E-state index in [0.717, 1.165) is 19.4 Å². The molecule has 2 rings (SSSR count). The van der Waals surface area contributed by atoms with E-state index in [-0.39, 0.29) is 16.9 Å². The summed E-state index contributed by atoms with van der Waals surface area (Å²) in [6.07, 6.45) is 7.20. The van der Waals surface area contributed by atoms with Gasteiger partial charge in [-0.2, -0.15) is 0 Å². The Hall–Kier alpha value is -0.610. The first kappa shape index (κ1) is 15.8. The van der Waals surface area contributed by atoms with E-state index in [9.17, 15) is 4.79 Å². The second kappa shape index (κ2) is 6.44. The molecule has 1 aliphatic carbocycles. The molecule has 0 aromatic carbocycles. The molecule has 0 aromatic rings. The summed E-state index contributed by atoms with van der Waals surface area (Å²) in [5, 5.41) is 3.25. The zero-order valence-electron chi connectivity index (χ0n) is 13.3. The Morgan fingerprint density at radius 1 is 1.20 bits per heavy atom. The lowest BCUT2D eigenvalue weighted by Gasteiger charge is -2.34. The predicted octanol–water partition coefficient (Wildman–Crippen LogP) is 2.18. The number of ether oxygens (including phenoxy) is 1. The highest BCUT2D eigenvalue weighted by molar-refractivity contribution is 5.86. The van der Waals surface area contributed by atoms with E-state index in [4.69, 9.17) is 4.74 Å². The Balaban J connectivity index is 1.85. The highest BCUT2D eigenvalue weighted by Crippen LogP contribution is 2.46. The number of hydrogen-bond acceptors (Lipinski definition) is 3. The van der Waals surface area contributed by atoms with Crippen LogP contribution in [0.3, 0.4) is 0 Å². The molecule has 0 atom stereocenters. The molecule has 0 spiro atoms. The second-order valence-corrected chi connectivity index (χ2v) is 7.24. The van der Waals surface area contributed by atoms with Crippen LogP contribution in [0, 0.1) is 5.41 Å². The predicted molar refractivity (Wildman–Crippen MR) is 80.7 cm³/mol. The van der Waals surface area contributed by atoms with Gasteiger partial charge in [-0.05, 0) is 52.6 Å². The number of carbonyl (C=O) groups excluding carboxylic acids is 1. The lowest BCUT2D eigenvalue weighted by atomic mass is 10.0. The van der Waals surface area contributed by atoms with E-state index in [1.54, 1.807) is 7.11 Å². The van der Waals surface area contributed by atoms with Gasteiger partial charge in [-0.1, -0.05) is 12.8 Å². The average Bonchev–Trinajstić information content (AvgIpc) is 3.14. The summed E-state index contributed by atoms with van der Waals surface area (Å²) in [5.41, 5.74) is -0.393. The Morgan fingerprint density at radius 3 is 2.30 bits per heavy atom. The van der Waals surface area contributed by atoms with Crippen molar-refractivity contribution in [3.63, 3.8) is 0 Å². The van der Waals surface area contributed by atoms with Gasteiger partial charge >= 0.3 is 0 Å². The number of nitrogens with zero attached hydrogens (tertiary/aromatic N) is 1. The smallest absolute Gasteiger partial charge is 0.229 e. The molecule has 116 valence electrons. The third kappa shape index (κ3) is 4.19. The van der Waals surface area contributed by atoms with Gasteiger partial charge in [0.25, 0.3) is 0 Å². The molecule has 0 unspecified atom stereocenters. The van der Waals surface area contributed by atoms with Gasteiger partial charge in [-0.25, -0.2) is 0 Å². The van der Waals surface area contributed by atoms with Crippen LogP contribution >= 0.6 is 0 Å². The highest BCUT2D eigenvalue weighted by atomic mass is 16.5. The molecular formula is C16H30N2O2. The quantitative estimate of drug-likeness (QED) is 0.812. The van der Waals surface area contributed by atoms with Gasteiger partial charge in [0.15, 0.2) is 0 Å². The van der Waals surface area contributed by atoms with Crippen LogP contribution in [-0.4, -0.2) is 49.7 Å². The topological polar surface area (TPSA) is 41.6 Å². The summed E-state index contributed by atoms with van der Waals surface area (Å²) in [5.74, 6) is 0.180. The van der Waals surface area contributed by atoms with Crippen LogP contribution in [0.2, 0.25) is 0 Å². The minimum atomic E-state index is -0.231. The molecule has 1 N–H and O–H groups in total. The van der Waals surface area contributed by atoms with E-state index in [1.165, 1.54) is 38.8 Å². The molecule has 0 radical (unpaired) electrons. The second-order valence-electron chi connectivity index (χ2n) is 7.24. The lowest BCUT2D eigenvalue weighted by Crippen LogP contribution is -2.54. The molecule has 20 heavy (non-hydrogen) atoms. The Labute approximate surface area is 123 Å². The Bertz CT molecular complexity index is 329. The van der Waals surface area contributed by atoms with Crippen molar-refractivity contribution in [2.24, 2.45) is 5.41 Å². The molecular weight excluding hydrogens is 252 g/mol. The fourth-order valence-electron chi connectivity index (χ4n) is 3.20. The van der Waals surface area contributed by atoms with Crippen LogP contribution < -0.4 is 5.32 Å². The van der Waals surface area contributed by atoms with Crippen molar-refractivity contribution in [3.8, 4) is 0 Å². The van der Waals surface area contributed by atoms with Crippen LogP contribution in [-0.2, 0) is 9.53 Å². The lowest BCUT2D eigenvalue weighted by molar-refractivity contribution is -0.130. The minimum absolute atomic E-state index is 0.162. The summed E-state index contributed by atoms with van der Waals surface area (Å²) in [6, 6.07) is 0. The fourth-order valence-corrected chi connectivity index (χ4v) is 3.20. The summed E-state index contributed by atoms with van der Waals surface area (Å²) >= 11 is 0. The number of amides is 1. The highest BCUT2D eigenvalue weighted by Gasteiger charge is 2.50. The SMILES string of the molecule is COCC1(C(=O)NC(C)(C)CN2CCCCCC2)CC1. The van der Waals surface area contributed by atoms with Gasteiger partial charge < -0.3 is 15.0 Å². The zero-order chi connectivity index (χ0) is 14.6. The number of likely N-dealkylation sites (tertiary alicyclic amines) is 1. The zero-order valence-corrected chi connectivity index (χ0v) is 13.3. The van der Waals surface area contributed by atoms with E-state index >= 15 is 0 Å². The summed E-state index contributed by atoms with van der Waals surface area (Å²) in [4.78, 5) is 14.9. The van der Waals surface area contributed by atoms with Crippen molar-refractivity contribution >= 4 is 5.91 Å². The normalized spacial score (nSPS) is 23.1. The van der Waals surface area contributed by atoms with Crippen molar-refractivity contribution in [1.29, 1.82) is 0 Å².